The summed E-state index contributed by atoms with van der Waals surface area (Å²) in [6.45, 7) is 3.93. The summed E-state index contributed by atoms with van der Waals surface area (Å²) >= 11 is 0. The second kappa shape index (κ2) is 9.62. The SMILES string of the molecule is CC1(CNC(=O)CCCCCCN)CCCC1.Cl. The molecule has 0 radical (unpaired) electrons. The number of unbranched alkanes of at least 4 members (excludes halogenated alkanes) is 3. The number of carbonyl (C=O) groups excluding carboxylic acids is 1. The minimum Gasteiger partial charge on any atom is -0.356 e. The largest absolute Gasteiger partial charge is 0.356 e. The van der Waals surface area contributed by atoms with Gasteiger partial charge in [0.2, 0.25) is 5.91 Å². The Labute approximate surface area is 118 Å². The third-order valence-electron chi connectivity index (χ3n) is 3.88. The van der Waals surface area contributed by atoms with E-state index in [1.807, 2.05) is 0 Å². The van der Waals surface area contributed by atoms with Gasteiger partial charge in [-0.25, -0.2) is 0 Å². The van der Waals surface area contributed by atoms with Gasteiger partial charge in [0, 0.05) is 13.0 Å². The predicted octanol–water partition coefficient (Wildman–Crippen LogP) is 3.01. The maximum absolute atomic E-state index is 11.6. The highest BCUT2D eigenvalue weighted by atomic mass is 35.5. The van der Waals surface area contributed by atoms with Gasteiger partial charge in [-0.3, -0.25) is 4.79 Å². The van der Waals surface area contributed by atoms with Crippen LogP contribution in [0, 0.1) is 5.41 Å². The minimum absolute atomic E-state index is 0. The van der Waals surface area contributed by atoms with E-state index in [1.165, 1.54) is 25.7 Å². The van der Waals surface area contributed by atoms with Gasteiger partial charge < -0.3 is 11.1 Å². The molecule has 1 aliphatic carbocycles. The average molecular weight is 277 g/mol. The van der Waals surface area contributed by atoms with E-state index in [0.717, 1.165) is 38.8 Å². The van der Waals surface area contributed by atoms with Gasteiger partial charge in [-0.2, -0.15) is 0 Å². The number of rotatable bonds is 8. The van der Waals surface area contributed by atoms with Crippen LogP contribution in [0.1, 0.15) is 64.7 Å². The Bertz CT molecular complexity index is 228. The Kier molecular flexibility index (Phi) is 9.47. The third kappa shape index (κ3) is 7.22. The number of halogens is 1. The number of carbonyl (C=O) groups is 1. The molecule has 1 rings (SSSR count). The topological polar surface area (TPSA) is 55.1 Å². The van der Waals surface area contributed by atoms with Crippen LogP contribution in [0.4, 0.5) is 0 Å². The Morgan fingerprint density at radius 2 is 1.78 bits per heavy atom. The smallest absolute Gasteiger partial charge is 0.220 e. The van der Waals surface area contributed by atoms with Crippen LogP contribution in [-0.4, -0.2) is 19.0 Å². The van der Waals surface area contributed by atoms with Gasteiger partial charge in [0.15, 0.2) is 0 Å². The highest BCUT2D eigenvalue weighted by Gasteiger charge is 2.28. The minimum atomic E-state index is 0. The van der Waals surface area contributed by atoms with Crippen LogP contribution in [0.15, 0.2) is 0 Å². The lowest BCUT2D eigenvalue weighted by atomic mass is 9.89. The van der Waals surface area contributed by atoms with Crippen LogP contribution in [-0.2, 0) is 4.79 Å². The van der Waals surface area contributed by atoms with Crippen molar-refractivity contribution in [1.82, 2.24) is 5.32 Å². The summed E-state index contributed by atoms with van der Waals surface area (Å²) in [7, 11) is 0. The van der Waals surface area contributed by atoms with Crippen LogP contribution in [0.25, 0.3) is 0 Å². The number of amides is 1. The van der Waals surface area contributed by atoms with Gasteiger partial charge in [0.05, 0.1) is 0 Å². The second-order valence-electron chi connectivity index (χ2n) is 5.75. The molecule has 0 atom stereocenters. The molecule has 1 aliphatic rings. The number of nitrogens with one attached hydrogen (secondary N) is 1. The van der Waals surface area contributed by atoms with E-state index in [1.54, 1.807) is 0 Å². The van der Waals surface area contributed by atoms with Crippen molar-refractivity contribution in [2.75, 3.05) is 13.1 Å². The van der Waals surface area contributed by atoms with E-state index < -0.39 is 0 Å². The zero-order valence-corrected chi connectivity index (χ0v) is 12.5. The molecule has 0 aromatic carbocycles. The summed E-state index contributed by atoms with van der Waals surface area (Å²) in [5.74, 6) is 0.228. The molecule has 108 valence electrons. The van der Waals surface area contributed by atoms with E-state index >= 15 is 0 Å². The molecule has 0 aromatic heterocycles. The summed E-state index contributed by atoms with van der Waals surface area (Å²) in [4.78, 5) is 11.6. The van der Waals surface area contributed by atoms with Crippen molar-refractivity contribution in [3.63, 3.8) is 0 Å². The fraction of sp³-hybridized carbons (Fsp3) is 0.929. The highest BCUT2D eigenvalue weighted by molar-refractivity contribution is 5.85. The fourth-order valence-electron chi connectivity index (χ4n) is 2.59. The highest BCUT2D eigenvalue weighted by Crippen LogP contribution is 2.36. The monoisotopic (exact) mass is 276 g/mol. The molecule has 0 heterocycles. The zero-order chi connectivity index (χ0) is 12.6. The summed E-state index contributed by atoms with van der Waals surface area (Å²) in [6, 6.07) is 0. The first-order valence-corrected chi connectivity index (χ1v) is 7.13. The molecule has 3 N–H and O–H groups in total. The van der Waals surface area contributed by atoms with Crippen LogP contribution < -0.4 is 11.1 Å². The molecule has 0 saturated heterocycles. The second-order valence-corrected chi connectivity index (χ2v) is 5.75. The van der Waals surface area contributed by atoms with Crippen molar-refractivity contribution in [2.24, 2.45) is 11.1 Å². The Morgan fingerprint density at radius 1 is 1.17 bits per heavy atom. The van der Waals surface area contributed by atoms with Gasteiger partial charge in [-0.05, 0) is 37.6 Å². The van der Waals surface area contributed by atoms with E-state index in [0.29, 0.717) is 11.8 Å². The first kappa shape index (κ1) is 17.7. The number of hydrogen-bond acceptors (Lipinski definition) is 2. The van der Waals surface area contributed by atoms with E-state index in [2.05, 4.69) is 12.2 Å². The predicted molar refractivity (Wildman–Crippen MR) is 79.0 cm³/mol. The first-order valence-electron chi connectivity index (χ1n) is 7.13. The van der Waals surface area contributed by atoms with E-state index in [4.69, 9.17) is 5.73 Å². The lowest BCUT2D eigenvalue weighted by Gasteiger charge is -2.23. The lowest BCUT2D eigenvalue weighted by Crippen LogP contribution is -2.33. The van der Waals surface area contributed by atoms with Gasteiger partial charge in [0.1, 0.15) is 0 Å². The van der Waals surface area contributed by atoms with Crippen molar-refractivity contribution in [3.8, 4) is 0 Å². The van der Waals surface area contributed by atoms with Crippen molar-refractivity contribution in [3.05, 3.63) is 0 Å². The summed E-state index contributed by atoms with van der Waals surface area (Å²) in [5.41, 5.74) is 5.79. The first-order chi connectivity index (χ1) is 8.16. The van der Waals surface area contributed by atoms with E-state index in [-0.39, 0.29) is 18.3 Å². The normalized spacial score (nSPS) is 17.2. The average Bonchev–Trinajstić information content (AvgIpc) is 2.74. The van der Waals surface area contributed by atoms with Gasteiger partial charge in [0.25, 0.3) is 0 Å². The van der Waals surface area contributed by atoms with Gasteiger partial charge >= 0.3 is 0 Å². The molecule has 18 heavy (non-hydrogen) atoms. The molecule has 4 heteroatoms. The number of hydrogen-bond donors (Lipinski definition) is 2. The van der Waals surface area contributed by atoms with Crippen LogP contribution in [0.3, 0.4) is 0 Å². The third-order valence-corrected chi connectivity index (χ3v) is 3.88. The Hall–Kier alpha value is -0.280. The molecule has 0 spiro atoms. The fourth-order valence-corrected chi connectivity index (χ4v) is 2.59. The molecule has 0 unspecified atom stereocenters. The summed E-state index contributed by atoms with van der Waals surface area (Å²) < 4.78 is 0. The van der Waals surface area contributed by atoms with E-state index in [9.17, 15) is 4.79 Å². The van der Waals surface area contributed by atoms with Crippen molar-refractivity contribution >= 4 is 18.3 Å². The zero-order valence-electron chi connectivity index (χ0n) is 11.7. The number of nitrogens with two attached hydrogens (primary N) is 1. The molecular formula is C14H29ClN2O. The maximum atomic E-state index is 11.6. The van der Waals surface area contributed by atoms with Crippen molar-refractivity contribution in [1.29, 1.82) is 0 Å². The maximum Gasteiger partial charge on any atom is 0.220 e. The molecular weight excluding hydrogens is 248 g/mol. The van der Waals surface area contributed by atoms with Crippen LogP contribution in [0.5, 0.6) is 0 Å². The van der Waals surface area contributed by atoms with Gasteiger partial charge in [-0.1, -0.05) is 32.6 Å². The quantitative estimate of drug-likeness (QED) is 0.670. The molecule has 0 bridgehead atoms. The molecule has 1 fully saturated rings. The van der Waals surface area contributed by atoms with Crippen molar-refractivity contribution < 1.29 is 4.79 Å². The van der Waals surface area contributed by atoms with Gasteiger partial charge in [-0.15, -0.1) is 12.4 Å². The van der Waals surface area contributed by atoms with Crippen LogP contribution >= 0.6 is 12.4 Å². The molecule has 0 aliphatic heterocycles. The Morgan fingerprint density at radius 3 is 2.39 bits per heavy atom. The molecule has 1 saturated carbocycles. The Balaban J connectivity index is 0.00000289. The lowest BCUT2D eigenvalue weighted by molar-refractivity contribution is -0.121. The summed E-state index contributed by atoms with van der Waals surface area (Å²) in [6.07, 6.45) is 10.2. The molecule has 3 nitrogen and oxygen atoms in total. The molecule has 0 aromatic rings. The molecule has 1 amide bonds. The summed E-state index contributed by atoms with van der Waals surface area (Å²) in [5, 5.41) is 3.09. The van der Waals surface area contributed by atoms with Crippen molar-refractivity contribution in [2.45, 2.75) is 64.7 Å². The standard InChI is InChI=1S/C14H28N2O.ClH/c1-14(9-5-6-10-14)12-16-13(17)8-4-2-3-7-11-15;/h2-12,15H2,1H3,(H,16,17);1H. The van der Waals surface area contributed by atoms with Crippen LogP contribution in [0.2, 0.25) is 0 Å².